The highest BCUT2D eigenvalue weighted by Crippen LogP contribution is 2.43. The Morgan fingerprint density at radius 3 is 2.83 bits per heavy atom. The third-order valence-corrected chi connectivity index (χ3v) is 6.40. The van der Waals surface area contributed by atoms with Crippen LogP contribution in [0.4, 0.5) is 23.2 Å². The fraction of sp³-hybridized carbons (Fsp3) is 0.474. The maximum absolute atomic E-state index is 14.5. The number of anilines is 1. The first-order valence-corrected chi connectivity index (χ1v) is 10.3. The fourth-order valence-corrected chi connectivity index (χ4v) is 4.91. The second kappa shape index (κ2) is 8.12. The molecule has 0 bridgehead atoms. The van der Waals surface area contributed by atoms with E-state index in [0.717, 1.165) is 17.9 Å². The molecule has 2 unspecified atom stereocenters. The van der Waals surface area contributed by atoms with Crippen molar-refractivity contribution in [3.8, 4) is 10.7 Å². The van der Waals surface area contributed by atoms with E-state index in [1.807, 2.05) is 11.9 Å². The number of benzene rings is 1. The van der Waals surface area contributed by atoms with Gasteiger partial charge in [-0.15, -0.1) is 11.3 Å². The van der Waals surface area contributed by atoms with Gasteiger partial charge in [-0.3, -0.25) is 0 Å². The van der Waals surface area contributed by atoms with Crippen molar-refractivity contribution in [1.82, 2.24) is 15.0 Å². The zero-order valence-electron chi connectivity index (χ0n) is 16.2. The highest BCUT2D eigenvalue weighted by molar-refractivity contribution is 7.23. The van der Waals surface area contributed by atoms with Crippen molar-refractivity contribution < 1.29 is 22.1 Å². The normalized spacial score (nSPS) is 20.7. The molecule has 6 nitrogen and oxygen atoms in total. The topological polar surface area (TPSA) is 80.2 Å². The minimum Gasteiger partial charge on any atom is -0.378 e. The number of hydrogen-bond acceptors (Lipinski definition) is 7. The second-order valence-corrected chi connectivity index (χ2v) is 8.44. The van der Waals surface area contributed by atoms with Crippen molar-refractivity contribution in [2.45, 2.75) is 37.8 Å². The number of nitrogens with one attached hydrogen (secondary N) is 1. The summed E-state index contributed by atoms with van der Waals surface area (Å²) in [6.45, 7) is 1.05. The van der Waals surface area contributed by atoms with Crippen molar-refractivity contribution in [3.05, 3.63) is 29.7 Å². The van der Waals surface area contributed by atoms with Crippen LogP contribution in [0.5, 0.6) is 0 Å². The molecule has 1 fully saturated rings. The third-order valence-electron chi connectivity index (χ3n) is 5.13. The molecule has 2 aromatic heterocycles. The van der Waals surface area contributed by atoms with Gasteiger partial charge in [0.1, 0.15) is 6.17 Å². The maximum atomic E-state index is 14.5. The lowest BCUT2D eigenvalue weighted by Crippen LogP contribution is -2.46. The van der Waals surface area contributed by atoms with Crippen LogP contribution in [0.25, 0.3) is 20.8 Å². The lowest BCUT2D eigenvalue weighted by atomic mass is 10.0. The Morgan fingerprint density at radius 1 is 1.37 bits per heavy atom. The number of nitrogens with zero attached hydrogens (tertiary/aromatic N) is 3. The third kappa shape index (κ3) is 4.28. The Kier molecular flexibility index (Phi) is 5.69. The van der Waals surface area contributed by atoms with Gasteiger partial charge in [-0.2, -0.15) is 18.2 Å². The first kappa shape index (κ1) is 21.0. The molecule has 0 saturated carbocycles. The molecule has 1 aromatic carbocycles. The second-order valence-electron chi connectivity index (χ2n) is 7.42. The van der Waals surface area contributed by atoms with Gasteiger partial charge in [-0.25, -0.2) is 4.39 Å². The van der Waals surface area contributed by atoms with Gasteiger partial charge < -0.3 is 20.5 Å². The predicted octanol–water partition coefficient (Wildman–Crippen LogP) is 3.97. The van der Waals surface area contributed by atoms with Crippen molar-refractivity contribution in [2.75, 3.05) is 25.5 Å². The van der Waals surface area contributed by atoms with Gasteiger partial charge in [0.2, 0.25) is 11.7 Å². The number of aromatic nitrogens is 2. The largest absolute Gasteiger partial charge is 0.393 e. The van der Waals surface area contributed by atoms with Gasteiger partial charge in [0.25, 0.3) is 0 Å². The molecule has 0 amide bonds. The van der Waals surface area contributed by atoms with E-state index in [2.05, 4.69) is 15.5 Å². The molecule has 1 saturated heterocycles. The highest BCUT2D eigenvalue weighted by atomic mass is 32.1. The Hall–Kier alpha value is -2.24. The summed E-state index contributed by atoms with van der Waals surface area (Å²) in [5.41, 5.74) is 6.17. The number of likely N-dealkylation sites (tertiary alicyclic amines) is 1. The number of alkyl halides is 4. The minimum atomic E-state index is -4.41. The molecule has 0 spiro atoms. The Balaban J connectivity index is 1.77. The van der Waals surface area contributed by atoms with Crippen molar-refractivity contribution in [2.24, 2.45) is 5.73 Å². The van der Waals surface area contributed by atoms with Crippen LogP contribution >= 0.6 is 11.3 Å². The summed E-state index contributed by atoms with van der Waals surface area (Å²) in [7, 11) is 1.86. The molecule has 3 N–H and O–H groups in total. The van der Waals surface area contributed by atoms with E-state index in [0.29, 0.717) is 28.7 Å². The maximum Gasteiger partial charge on any atom is 0.393 e. The predicted molar refractivity (Wildman–Crippen MR) is 107 cm³/mol. The monoisotopic (exact) mass is 443 g/mol. The summed E-state index contributed by atoms with van der Waals surface area (Å²) in [4.78, 5) is 6.30. The zero-order chi connectivity index (χ0) is 21.5. The molecule has 30 heavy (non-hydrogen) atoms. The van der Waals surface area contributed by atoms with Crippen LogP contribution in [0.3, 0.4) is 0 Å². The number of fused-ring (bicyclic) bond motifs is 1. The number of hydrogen-bond donors (Lipinski definition) is 2. The lowest BCUT2D eigenvalue weighted by molar-refractivity contribution is -0.126. The van der Waals surface area contributed by atoms with Crippen LogP contribution in [0.1, 0.15) is 17.9 Å². The van der Waals surface area contributed by atoms with Crippen LogP contribution in [-0.2, 0) is 13.0 Å². The molecule has 3 aromatic rings. The van der Waals surface area contributed by atoms with Crippen LogP contribution in [0.2, 0.25) is 0 Å². The number of nitrogens with two attached hydrogens (primary N) is 1. The van der Waals surface area contributed by atoms with E-state index in [4.69, 9.17) is 10.3 Å². The summed E-state index contributed by atoms with van der Waals surface area (Å²) in [6, 6.07) is 4.65. The standard InChI is InChI=1S/C19H21F4N5OS/c1-28-6-5-13(12(20)9-28)25-14-4-2-3-10-11(7-19(21,22)23)17(30-16(10)14)18-26-15(8-24)29-27-18/h2-4,12-13,25H,5-9,24H2,1H3. The zero-order valence-corrected chi connectivity index (χ0v) is 17.0. The number of halogens is 4. The SMILES string of the molecule is CN1CCC(Nc2cccc3c(CC(F)(F)F)c(-c4noc(CN)n4)sc23)C(F)C1. The molecule has 2 atom stereocenters. The highest BCUT2D eigenvalue weighted by Gasteiger charge is 2.33. The van der Waals surface area contributed by atoms with Gasteiger partial charge >= 0.3 is 6.18 Å². The quantitative estimate of drug-likeness (QED) is 0.581. The molecule has 1 aliphatic rings. The molecule has 3 heterocycles. The smallest absolute Gasteiger partial charge is 0.378 e. The average molecular weight is 443 g/mol. The van der Waals surface area contributed by atoms with E-state index in [9.17, 15) is 17.6 Å². The molecule has 4 rings (SSSR count). The summed E-state index contributed by atoms with van der Waals surface area (Å²) >= 11 is 1.14. The van der Waals surface area contributed by atoms with Gasteiger partial charge in [0.05, 0.1) is 34.3 Å². The number of rotatable bonds is 5. The van der Waals surface area contributed by atoms with Crippen molar-refractivity contribution in [3.63, 3.8) is 0 Å². The van der Waals surface area contributed by atoms with Gasteiger partial charge in [0.15, 0.2) is 0 Å². The van der Waals surface area contributed by atoms with E-state index in [-0.39, 0.29) is 28.7 Å². The molecule has 11 heteroatoms. The molecular weight excluding hydrogens is 422 g/mol. The Labute approximate surface area is 174 Å². The Bertz CT molecular complexity index is 1030. The van der Waals surface area contributed by atoms with Crippen molar-refractivity contribution >= 4 is 27.1 Å². The van der Waals surface area contributed by atoms with E-state index in [1.165, 1.54) is 0 Å². The van der Waals surface area contributed by atoms with Crippen molar-refractivity contribution in [1.29, 1.82) is 0 Å². The van der Waals surface area contributed by atoms with Gasteiger partial charge in [0, 0.05) is 13.1 Å². The minimum absolute atomic E-state index is 0.00663. The average Bonchev–Trinajstić information content (AvgIpc) is 3.28. The summed E-state index contributed by atoms with van der Waals surface area (Å²) in [6.07, 6.45) is -6.01. The van der Waals surface area contributed by atoms with Gasteiger partial charge in [-0.05, 0) is 30.5 Å². The van der Waals surface area contributed by atoms with Gasteiger partial charge in [-0.1, -0.05) is 17.3 Å². The molecule has 0 radical (unpaired) electrons. The number of piperidine rings is 1. The van der Waals surface area contributed by atoms with Crippen LogP contribution in [0.15, 0.2) is 22.7 Å². The number of thiophene rings is 1. The van der Waals surface area contributed by atoms with E-state index >= 15 is 0 Å². The van der Waals surface area contributed by atoms with E-state index in [1.54, 1.807) is 18.2 Å². The molecular formula is C19H21F4N5OS. The first-order valence-electron chi connectivity index (χ1n) is 9.48. The van der Waals surface area contributed by atoms with Crippen LogP contribution in [0, 0.1) is 0 Å². The van der Waals surface area contributed by atoms with Crippen LogP contribution < -0.4 is 11.1 Å². The lowest BCUT2D eigenvalue weighted by Gasteiger charge is -2.33. The molecule has 162 valence electrons. The molecule has 1 aliphatic heterocycles. The fourth-order valence-electron chi connectivity index (χ4n) is 3.69. The summed E-state index contributed by atoms with van der Waals surface area (Å²) < 4.78 is 60.1. The first-order chi connectivity index (χ1) is 14.2. The summed E-state index contributed by atoms with van der Waals surface area (Å²) in [5, 5.41) is 7.45. The van der Waals surface area contributed by atoms with E-state index < -0.39 is 24.8 Å². The summed E-state index contributed by atoms with van der Waals surface area (Å²) in [5.74, 6) is 0.217. The molecule has 0 aliphatic carbocycles. The van der Waals surface area contributed by atoms with Crippen LogP contribution in [-0.4, -0.2) is 53.6 Å². The Morgan fingerprint density at radius 2 is 2.17 bits per heavy atom.